The average Bonchev–Trinajstić information content (AvgIpc) is 2.74. The summed E-state index contributed by atoms with van der Waals surface area (Å²) in [4.78, 5) is 11.9. The highest BCUT2D eigenvalue weighted by atomic mass is 35.5. The maximum absolute atomic E-state index is 11.9. The van der Waals surface area contributed by atoms with Crippen molar-refractivity contribution >= 4 is 34.0 Å². The quantitative estimate of drug-likeness (QED) is 0.942. The number of nitrogens with zero attached hydrogens (tertiary/aromatic N) is 2. The van der Waals surface area contributed by atoms with Gasteiger partial charge in [-0.1, -0.05) is 29.0 Å². The predicted octanol–water partition coefficient (Wildman–Crippen LogP) is 2.91. The van der Waals surface area contributed by atoms with Crippen molar-refractivity contribution in [2.24, 2.45) is 0 Å². The van der Waals surface area contributed by atoms with Crippen LogP contribution in [-0.2, 0) is 4.79 Å². The lowest BCUT2D eigenvalue weighted by molar-refractivity contribution is -0.122. The number of rotatable bonds is 4. The number of carbonyl (C=O) groups excluding carboxylic acids is 1. The Morgan fingerprint density at radius 2 is 2.26 bits per heavy atom. The predicted molar refractivity (Wildman–Crippen MR) is 74.8 cm³/mol. The van der Waals surface area contributed by atoms with Crippen molar-refractivity contribution in [1.82, 2.24) is 10.2 Å². The third-order valence-electron chi connectivity index (χ3n) is 2.23. The van der Waals surface area contributed by atoms with Crippen LogP contribution in [0.25, 0.3) is 0 Å². The second-order valence-electron chi connectivity index (χ2n) is 3.83. The van der Waals surface area contributed by atoms with Crippen molar-refractivity contribution in [3.8, 4) is 5.75 Å². The number of benzene rings is 1. The molecule has 0 saturated carbocycles. The first kappa shape index (κ1) is 13.8. The van der Waals surface area contributed by atoms with Crippen LogP contribution in [0.1, 0.15) is 11.9 Å². The Hall–Kier alpha value is -1.66. The van der Waals surface area contributed by atoms with E-state index >= 15 is 0 Å². The van der Waals surface area contributed by atoms with Gasteiger partial charge in [0.05, 0.1) is 0 Å². The van der Waals surface area contributed by atoms with Gasteiger partial charge >= 0.3 is 0 Å². The van der Waals surface area contributed by atoms with Gasteiger partial charge in [-0.15, -0.1) is 10.2 Å². The Balaban J connectivity index is 1.96. The van der Waals surface area contributed by atoms with Crippen molar-refractivity contribution in [1.29, 1.82) is 0 Å². The lowest BCUT2D eigenvalue weighted by Gasteiger charge is -2.13. The minimum Gasteiger partial charge on any atom is -0.481 e. The Morgan fingerprint density at radius 1 is 1.47 bits per heavy atom. The van der Waals surface area contributed by atoms with E-state index in [9.17, 15) is 4.79 Å². The highest BCUT2D eigenvalue weighted by Crippen LogP contribution is 2.19. The molecule has 100 valence electrons. The molecule has 1 heterocycles. The highest BCUT2D eigenvalue weighted by molar-refractivity contribution is 7.15. The summed E-state index contributed by atoms with van der Waals surface area (Å²) in [5.74, 6) is 0.264. The minimum absolute atomic E-state index is 0.281. The molecule has 0 aliphatic rings. The number of halogens is 1. The van der Waals surface area contributed by atoms with E-state index in [4.69, 9.17) is 16.3 Å². The number of anilines is 1. The first-order valence-electron chi connectivity index (χ1n) is 5.58. The summed E-state index contributed by atoms with van der Waals surface area (Å²) in [6.45, 7) is 3.48. The molecule has 0 aliphatic carbocycles. The number of ether oxygens (including phenoxy) is 1. The van der Waals surface area contributed by atoms with Crippen molar-refractivity contribution < 1.29 is 9.53 Å². The molecule has 5 nitrogen and oxygen atoms in total. The number of hydrogen-bond donors (Lipinski definition) is 1. The summed E-state index contributed by atoms with van der Waals surface area (Å²) in [5, 5.41) is 12.1. The van der Waals surface area contributed by atoms with Crippen LogP contribution in [0.4, 0.5) is 5.13 Å². The second-order valence-corrected chi connectivity index (χ2v) is 5.45. The Labute approximate surface area is 119 Å². The Kier molecular flexibility index (Phi) is 4.34. The minimum atomic E-state index is -0.650. The molecule has 1 atom stereocenters. The van der Waals surface area contributed by atoms with Gasteiger partial charge in [0.25, 0.3) is 5.91 Å². The van der Waals surface area contributed by atoms with Crippen molar-refractivity contribution in [2.45, 2.75) is 20.0 Å². The first-order chi connectivity index (χ1) is 9.04. The van der Waals surface area contributed by atoms with Gasteiger partial charge in [0.1, 0.15) is 10.8 Å². The molecule has 1 N–H and O–H groups in total. The van der Waals surface area contributed by atoms with E-state index in [1.54, 1.807) is 31.2 Å². The number of aryl methyl sites for hydroxylation is 1. The second kappa shape index (κ2) is 5.99. The third kappa shape index (κ3) is 3.90. The molecule has 0 bridgehead atoms. The van der Waals surface area contributed by atoms with E-state index in [1.807, 2.05) is 6.92 Å². The largest absolute Gasteiger partial charge is 0.481 e. The van der Waals surface area contributed by atoms with Gasteiger partial charge in [-0.3, -0.25) is 10.1 Å². The summed E-state index contributed by atoms with van der Waals surface area (Å²) in [5.41, 5.74) is 0. The number of aromatic nitrogens is 2. The number of carbonyl (C=O) groups is 1. The topological polar surface area (TPSA) is 64.1 Å². The van der Waals surface area contributed by atoms with Crippen molar-refractivity contribution in [3.63, 3.8) is 0 Å². The summed E-state index contributed by atoms with van der Waals surface area (Å²) in [6.07, 6.45) is -0.650. The van der Waals surface area contributed by atoms with Gasteiger partial charge in [-0.05, 0) is 32.0 Å². The van der Waals surface area contributed by atoms with Gasteiger partial charge in [0.15, 0.2) is 6.10 Å². The van der Waals surface area contributed by atoms with Crippen LogP contribution >= 0.6 is 22.9 Å². The van der Waals surface area contributed by atoms with Crippen LogP contribution in [0.2, 0.25) is 5.02 Å². The molecule has 0 saturated heterocycles. The van der Waals surface area contributed by atoms with E-state index in [2.05, 4.69) is 15.5 Å². The summed E-state index contributed by atoms with van der Waals surface area (Å²) < 4.78 is 5.50. The lowest BCUT2D eigenvalue weighted by atomic mass is 10.3. The zero-order chi connectivity index (χ0) is 13.8. The molecule has 0 aliphatic heterocycles. The number of nitrogens with one attached hydrogen (secondary N) is 1. The molecule has 2 rings (SSSR count). The van der Waals surface area contributed by atoms with Gasteiger partial charge in [-0.2, -0.15) is 0 Å². The van der Waals surface area contributed by atoms with Gasteiger partial charge in [0.2, 0.25) is 5.13 Å². The normalized spacial score (nSPS) is 11.9. The fourth-order valence-corrected chi connectivity index (χ4v) is 2.13. The summed E-state index contributed by atoms with van der Waals surface area (Å²) >= 11 is 7.15. The maximum atomic E-state index is 11.9. The molecule has 7 heteroatoms. The van der Waals surface area contributed by atoms with Gasteiger partial charge in [-0.25, -0.2) is 0 Å². The zero-order valence-electron chi connectivity index (χ0n) is 10.4. The average molecular weight is 298 g/mol. The third-order valence-corrected chi connectivity index (χ3v) is 3.22. The monoisotopic (exact) mass is 297 g/mol. The highest BCUT2D eigenvalue weighted by Gasteiger charge is 2.16. The molecule has 1 aromatic carbocycles. The number of hydrogen-bond acceptors (Lipinski definition) is 5. The molecule has 0 spiro atoms. The van der Waals surface area contributed by atoms with Crippen LogP contribution in [-0.4, -0.2) is 22.2 Å². The molecule has 0 fully saturated rings. The van der Waals surface area contributed by atoms with Crippen LogP contribution in [0.3, 0.4) is 0 Å². The molecule has 1 amide bonds. The maximum Gasteiger partial charge on any atom is 0.266 e. The smallest absolute Gasteiger partial charge is 0.266 e. The van der Waals surface area contributed by atoms with E-state index in [0.29, 0.717) is 15.9 Å². The van der Waals surface area contributed by atoms with Crippen molar-refractivity contribution in [3.05, 3.63) is 34.3 Å². The molecular formula is C12H12ClN3O2S. The SMILES string of the molecule is Cc1nnc(NC(=O)[C@H](C)Oc2cccc(Cl)c2)s1. The van der Waals surface area contributed by atoms with E-state index < -0.39 is 6.10 Å². The van der Waals surface area contributed by atoms with Crippen LogP contribution in [0.5, 0.6) is 5.75 Å². The Bertz CT molecular complexity index is 588. The standard InChI is InChI=1S/C12H12ClN3O2S/c1-7(18-10-5-3-4-9(13)6-10)11(17)14-12-16-15-8(2)19-12/h3-7H,1-2H3,(H,14,16,17)/t7-/m0/s1. The fourth-order valence-electron chi connectivity index (χ4n) is 1.35. The van der Waals surface area contributed by atoms with E-state index in [0.717, 1.165) is 5.01 Å². The summed E-state index contributed by atoms with van der Waals surface area (Å²) in [6, 6.07) is 6.89. The zero-order valence-corrected chi connectivity index (χ0v) is 12.0. The molecule has 1 aromatic heterocycles. The number of amides is 1. The first-order valence-corrected chi connectivity index (χ1v) is 6.77. The van der Waals surface area contributed by atoms with E-state index in [1.165, 1.54) is 11.3 Å². The molecule has 2 aromatic rings. The van der Waals surface area contributed by atoms with Crippen LogP contribution in [0, 0.1) is 6.92 Å². The van der Waals surface area contributed by atoms with Crippen LogP contribution < -0.4 is 10.1 Å². The fraction of sp³-hybridized carbons (Fsp3) is 0.250. The summed E-state index contributed by atoms with van der Waals surface area (Å²) in [7, 11) is 0. The van der Waals surface area contributed by atoms with Gasteiger partial charge < -0.3 is 4.74 Å². The van der Waals surface area contributed by atoms with Crippen molar-refractivity contribution in [2.75, 3.05) is 5.32 Å². The molecule has 19 heavy (non-hydrogen) atoms. The molecular weight excluding hydrogens is 286 g/mol. The van der Waals surface area contributed by atoms with Crippen LogP contribution in [0.15, 0.2) is 24.3 Å². The molecule has 0 radical (unpaired) electrons. The van der Waals surface area contributed by atoms with Gasteiger partial charge in [0, 0.05) is 5.02 Å². The Morgan fingerprint density at radius 3 is 2.89 bits per heavy atom. The molecule has 0 unspecified atom stereocenters. The lowest BCUT2D eigenvalue weighted by Crippen LogP contribution is -2.30. The van der Waals surface area contributed by atoms with E-state index in [-0.39, 0.29) is 5.91 Å².